The summed E-state index contributed by atoms with van der Waals surface area (Å²) in [6, 6.07) is 0. The molecular weight excluding hydrogens is 230 g/mol. The summed E-state index contributed by atoms with van der Waals surface area (Å²) in [5.74, 6) is 0.337. The van der Waals surface area contributed by atoms with Crippen LogP contribution in [0.3, 0.4) is 0 Å². The monoisotopic (exact) mass is 249 g/mol. The van der Waals surface area contributed by atoms with Gasteiger partial charge >= 0.3 is 0 Å². The first-order chi connectivity index (χ1) is 8.74. The number of fused-ring (bicyclic) bond motifs is 2. The van der Waals surface area contributed by atoms with Gasteiger partial charge in [-0.25, -0.2) is 0 Å². The van der Waals surface area contributed by atoms with Crippen molar-refractivity contribution >= 4 is 5.91 Å². The van der Waals surface area contributed by atoms with Crippen molar-refractivity contribution in [1.29, 1.82) is 0 Å². The van der Waals surface area contributed by atoms with Crippen molar-refractivity contribution in [3.8, 4) is 0 Å². The molecule has 2 aliphatic heterocycles. The Morgan fingerprint density at radius 1 is 1.61 bits per heavy atom. The molecular formula is C13H19N3O2. The Bertz CT molecular complexity index is 418. The largest absolute Gasteiger partial charge is 0.374 e. The van der Waals surface area contributed by atoms with Crippen molar-refractivity contribution in [2.75, 3.05) is 13.6 Å². The molecule has 2 saturated heterocycles. The van der Waals surface area contributed by atoms with Gasteiger partial charge in [0.1, 0.15) is 0 Å². The fourth-order valence-electron chi connectivity index (χ4n) is 3.00. The van der Waals surface area contributed by atoms with Crippen molar-refractivity contribution < 1.29 is 9.53 Å². The number of amides is 1. The van der Waals surface area contributed by atoms with Crippen LogP contribution in [0.1, 0.15) is 24.8 Å². The number of ether oxygens (including phenoxy) is 1. The Balaban J connectivity index is 1.53. The molecule has 3 heterocycles. The third kappa shape index (κ3) is 2.14. The molecule has 5 nitrogen and oxygen atoms in total. The normalized spacial score (nSPS) is 29.7. The molecule has 0 aliphatic carbocycles. The number of H-pyrrole nitrogens is 1. The quantitative estimate of drug-likeness (QED) is 0.865. The maximum absolute atomic E-state index is 12.3. The molecule has 0 radical (unpaired) electrons. The van der Waals surface area contributed by atoms with Gasteiger partial charge in [0.05, 0.1) is 24.3 Å². The molecule has 1 amide bonds. The first-order valence-corrected chi connectivity index (χ1v) is 6.62. The number of hydrogen-bond acceptors (Lipinski definition) is 3. The van der Waals surface area contributed by atoms with Gasteiger partial charge in [0.15, 0.2) is 0 Å². The minimum Gasteiger partial charge on any atom is -0.374 e. The summed E-state index contributed by atoms with van der Waals surface area (Å²) in [5, 5.41) is 6.69. The van der Waals surface area contributed by atoms with Crippen LogP contribution in [0.4, 0.5) is 0 Å². The van der Waals surface area contributed by atoms with Crippen molar-refractivity contribution in [2.45, 2.75) is 37.9 Å². The number of aromatic nitrogens is 2. The first-order valence-electron chi connectivity index (χ1n) is 6.62. The van der Waals surface area contributed by atoms with Crippen LogP contribution < -0.4 is 0 Å². The Morgan fingerprint density at radius 2 is 2.50 bits per heavy atom. The highest BCUT2D eigenvalue weighted by Gasteiger charge is 2.45. The van der Waals surface area contributed by atoms with Gasteiger partial charge in [0.25, 0.3) is 0 Å². The molecule has 2 aliphatic rings. The molecule has 1 aromatic rings. The first kappa shape index (κ1) is 11.7. The lowest BCUT2D eigenvalue weighted by Crippen LogP contribution is -2.38. The van der Waals surface area contributed by atoms with E-state index in [1.54, 1.807) is 6.20 Å². The van der Waals surface area contributed by atoms with Gasteiger partial charge in [-0.05, 0) is 31.2 Å². The van der Waals surface area contributed by atoms with E-state index in [4.69, 9.17) is 4.74 Å². The number of likely N-dealkylation sites (N-methyl/N-ethyl adjacent to an activating group) is 1. The number of rotatable bonds is 4. The summed E-state index contributed by atoms with van der Waals surface area (Å²) < 4.78 is 5.74. The van der Waals surface area contributed by atoms with Crippen LogP contribution in [0.5, 0.6) is 0 Å². The van der Waals surface area contributed by atoms with E-state index in [0.29, 0.717) is 6.10 Å². The highest BCUT2D eigenvalue weighted by Crippen LogP contribution is 2.39. The molecule has 0 aromatic carbocycles. The Hall–Kier alpha value is -1.36. The lowest BCUT2D eigenvalue weighted by molar-refractivity contribution is -0.135. The summed E-state index contributed by atoms with van der Waals surface area (Å²) in [5.41, 5.74) is 1.14. The van der Waals surface area contributed by atoms with E-state index in [2.05, 4.69) is 10.2 Å². The van der Waals surface area contributed by atoms with E-state index in [1.807, 2.05) is 18.1 Å². The molecule has 0 spiro atoms. The zero-order valence-electron chi connectivity index (χ0n) is 10.6. The highest BCUT2D eigenvalue weighted by atomic mass is 16.5. The van der Waals surface area contributed by atoms with Crippen LogP contribution in [0.15, 0.2) is 12.4 Å². The molecule has 18 heavy (non-hydrogen) atoms. The van der Waals surface area contributed by atoms with Gasteiger partial charge in [0.2, 0.25) is 5.91 Å². The molecule has 3 rings (SSSR count). The number of carbonyl (C=O) groups is 1. The van der Waals surface area contributed by atoms with Crippen LogP contribution in [-0.4, -0.2) is 46.8 Å². The average molecular weight is 249 g/mol. The standard InChI is InChI=1S/C13H19N3O2/c1-16(5-4-9-7-14-15-8-9)13(17)11-6-10-2-3-12(11)18-10/h7-8,10-12H,2-6H2,1H3,(H,14,15)/t10-,11-,12+/m0/s1. The van der Waals surface area contributed by atoms with Gasteiger partial charge in [-0.2, -0.15) is 5.10 Å². The SMILES string of the molecule is CN(CCc1cn[nH]c1)C(=O)[C@H]1C[C@@H]2CC[C@H]1O2. The highest BCUT2D eigenvalue weighted by molar-refractivity contribution is 5.79. The molecule has 3 atom stereocenters. The number of nitrogens with one attached hydrogen (secondary N) is 1. The van der Waals surface area contributed by atoms with E-state index >= 15 is 0 Å². The molecule has 1 N–H and O–H groups in total. The predicted molar refractivity (Wildman–Crippen MR) is 65.9 cm³/mol. The third-order valence-electron chi connectivity index (χ3n) is 4.09. The maximum atomic E-state index is 12.3. The fraction of sp³-hybridized carbons (Fsp3) is 0.692. The van der Waals surface area contributed by atoms with Crippen LogP contribution >= 0.6 is 0 Å². The number of carbonyl (C=O) groups excluding carboxylic acids is 1. The molecule has 98 valence electrons. The van der Waals surface area contributed by atoms with Crippen molar-refractivity contribution in [2.24, 2.45) is 5.92 Å². The Kier molecular flexibility index (Phi) is 3.07. The zero-order chi connectivity index (χ0) is 12.5. The molecule has 0 saturated carbocycles. The second kappa shape index (κ2) is 4.72. The van der Waals surface area contributed by atoms with E-state index in [1.165, 1.54) is 0 Å². The third-order valence-corrected chi connectivity index (χ3v) is 4.09. The van der Waals surface area contributed by atoms with Gasteiger partial charge in [-0.3, -0.25) is 9.89 Å². The second-order valence-corrected chi connectivity index (χ2v) is 5.33. The van der Waals surface area contributed by atoms with Gasteiger partial charge in [-0.1, -0.05) is 0 Å². The van der Waals surface area contributed by atoms with Crippen LogP contribution in [0, 0.1) is 5.92 Å². The predicted octanol–water partition coefficient (Wildman–Crippen LogP) is 0.978. The van der Waals surface area contributed by atoms with Gasteiger partial charge in [0, 0.05) is 19.8 Å². The summed E-state index contributed by atoms with van der Waals surface area (Å²) in [7, 11) is 1.88. The van der Waals surface area contributed by atoms with E-state index in [9.17, 15) is 4.79 Å². The number of aromatic amines is 1. The minimum absolute atomic E-state index is 0.0955. The van der Waals surface area contributed by atoms with Gasteiger partial charge < -0.3 is 9.64 Å². The minimum atomic E-state index is 0.0955. The lowest BCUT2D eigenvalue weighted by Gasteiger charge is -2.24. The number of hydrogen-bond donors (Lipinski definition) is 1. The van der Waals surface area contributed by atoms with Crippen molar-refractivity contribution in [3.05, 3.63) is 18.0 Å². The lowest BCUT2D eigenvalue weighted by atomic mass is 9.88. The van der Waals surface area contributed by atoms with Crippen molar-refractivity contribution in [3.63, 3.8) is 0 Å². The zero-order valence-corrected chi connectivity index (χ0v) is 10.6. The second-order valence-electron chi connectivity index (χ2n) is 5.33. The summed E-state index contributed by atoms with van der Waals surface area (Å²) in [6.45, 7) is 0.742. The summed E-state index contributed by atoms with van der Waals surface area (Å²) in [4.78, 5) is 14.2. The van der Waals surface area contributed by atoms with Crippen LogP contribution in [-0.2, 0) is 16.0 Å². The summed E-state index contributed by atoms with van der Waals surface area (Å²) in [6.07, 6.45) is 8.15. The Labute approximate surface area is 107 Å². The van der Waals surface area contributed by atoms with Crippen molar-refractivity contribution in [1.82, 2.24) is 15.1 Å². The van der Waals surface area contributed by atoms with E-state index < -0.39 is 0 Å². The fourth-order valence-corrected chi connectivity index (χ4v) is 3.00. The molecule has 2 fully saturated rings. The van der Waals surface area contributed by atoms with Gasteiger partial charge in [-0.15, -0.1) is 0 Å². The molecule has 5 heteroatoms. The topological polar surface area (TPSA) is 58.2 Å². The number of nitrogens with zero attached hydrogens (tertiary/aromatic N) is 2. The molecule has 0 unspecified atom stereocenters. The molecule has 2 bridgehead atoms. The van der Waals surface area contributed by atoms with E-state index in [-0.39, 0.29) is 17.9 Å². The summed E-state index contributed by atoms with van der Waals surface area (Å²) >= 11 is 0. The Morgan fingerprint density at radius 3 is 3.11 bits per heavy atom. The van der Waals surface area contributed by atoms with Crippen LogP contribution in [0.25, 0.3) is 0 Å². The average Bonchev–Trinajstić information content (AvgIpc) is 3.10. The van der Waals surface area contributed by atoms with E-state index in [0.717, 1.165) is 37.8 Å². The maximum Gasteiger partial charge on any atom is 0.228 e. The smallest absolute Gasteiger partial charge is 0.228 e. The molecule has 1 aromatic heterocycles. The van der Waals surface area contributed by atoms with Crippen LogP contribution in [0.2, 0.25) is 0 Å².